The van der Waals surface area contributed by atoms with Crippen molar-refractivity contribution in [1.82, 2.24) is 9.97 Å². The summed E-state index contributed by atoms with van der Waals surface area (Å²) in [5.74, 6) is -4.54. The van der Waals surface area contributed by atoms with Crippen molar-refractivity contribution in [2.75, 3.05) is 11.6 Å². The number of nitriles is 1. The molecule has 0 unspecified atom stereocenters. The van der Waals surface area contributed by atoms with Gasteiger partial charge in [0.2, 0.25) is 12.1 Å². The van der Waals surface area contributed by atoms with Gasteiger partial charge in [-0.05, 0) is 42.2 Å². The first-order chi connectivity index (χ1) is 15.9. The molecule has 0 amide bonds. The lowest BCUT2D eigenvalue weighted by atomic mass is 10.1. The predicted octanol–water partition coefficient (Wildman–Crippen LogP) is 7.12. The smallest absolute Gasteiger partial charge is 0.310 e. The number of nitrogens with zero attached hydrogens (tertiary/aromatic N) is 4. The third-order valence-corrected chi connectivity index (χ3v) is 6.95. The highest BCUT2D eigenvalue weighted by Crippen LogP contribution is 3.02. The van der Waals surface area contributed by atoms with Crippen LogP contribution in [-0.4, -0.2) is 20.8 Å². The fourth-order valence-corrected chi connectivity index (χ4v) is 4.81. The predicted molar refractivity (Wildman–Crippen MR) is 118 cm³/mol. The van der Waals surface area contributed by atoms with Crippen molar-refractivity contribution in [3.63, 3.8) is 0 Å². The van der Waals surface area contributed by atoms with E-state index in [0.29, 0.717) is 12.3 Å². The van der Waals surface area contributed by atoms with Crippen molar-refractivity contribution < 1.29 is 37.2 Å². The molecule has 0 bridgehead atoms. The van der Waals surface area contributed by atoms with E-state index in [1.807, 2.05) is 0 Å². The van der Waals surface area contributed by atoms with Gasteiger partial charge in [0.25, 0.3) is 0 Å². The molecule has 0 saturated heterocycles. The van der Waals surface area contributed by atoms with E-state index >= 15 is 0 Å². The van der Waals surface area contributed by atoms with Crippen LogP contribution in [0.5, 0.6) is 0 Å². The Morgan fingerprint density at radius 2 is 1.74 bits per heavy atom. The highest BCUT2D eigenvalue weighted by molar-refractivity contribution is 8.45. The molecule has 35 heavy (non-hydrogen) atoms. The van der Waals surface area contributed by atoms with E-state index in [9.17, 15) is 37.2 Å². The Bertz CT molecular complexity index is 1420. The number of anilines is 2. The molecule has 0 radical (unpaired) electrons. The number of benzene rings is 2. The van der Waals surface area contributed by atoms with Gasteiger partial charge in [-0.3, -0.25) is 0 Å². The Balaban J connectivity index is 2.11. The Morgan fingerprint density at radius 1 is 1.06 bits per heavy atom. The molecule has 0 saturated carbocycles. The van der Waals surface area contributed by atoms with Crippen LogP contribution < -0.4 is 5.32 Å². The second kappa shape index (κ2) is 8.14. The monoisotopic (exact) mass is 545 g/mol. The molecule has 2 N–H and O–H groups in total. The second-order valence-corrected chi connectivity index (χ2v) is 12.5. The summed E-state index contributed by atoms with van der Waals surface area (Å²) < 4.78 is 122. The molecule has 0 aliphatic heterocycles. The summed E-state index contributed by atoms with van der Waals surface area (Å²) in [7, 11) is -13.7. The van der Waals surface area contributed by atoms with Crippen molar-refractivity contribution in [3.8, 4) is 17.5 Å². The van der Waals surface area contributed by atoms with Crippen molar-refractivity contribution >= 4 is 32.0 Å². The minimum Gasteiger partial charge on any atom is -0.343 e. The second-order valence-electron chi connectivity index (χ2n) is 7.42. The molecule has 16 heteroatoms. The summed E-state index contributed by atoms with van der Waals surface area (Å²) in [6.07, 6.45) is 2.95. The molecule has 0 aliphatic carbocycles. The zero-order chi connectivity index (χ0) is 26.3. The summed E-state index contributed by atoms with van der Waals surface area (Å²) in [5.41, 5.74) is -2.23. The van der Waals surface area contributed by atoms with Crippen molar-refractivity contribution in [2.45, 2.75) is 10.6 Å². The number of rotatable bonds is 6. The van der Waals surface area contributed by atoms with Gasteiger partial charge in [-0.1, -0.05) is 29.5 Å². The van der Waals surface area contributed by atoms with E-state index in [1.165, 1.54) is 6.19 Å². The van der Waals surface area contributed by atoms with Gasteiger partial charge < -0.3 is 9.87 Å². The molecule has 2 aromatic carbocycles. The average Bonchev–Trinajstić information content (AvgIpc) is 2.67. The molecule has 3 rings (SSSR count). The third-order valence-electron chi connectivity index (χ3n) is 4.34. The molecule has 0 fully saturated rings. The number of hydrogen-bond acceptors (Lipinski definition) is 5. The minimum absolute atomic E-state index is 0.0600. The normalized spacial score (nSPS) is 14.4. The molecule has 6 nitrogen and oxygen atoms in total. The summed E-state index contributed by atoms with van der Waals surface area (Å²) in [6, 6.07) is 3.27. The first kappa shape index (κ1) is 26.3. The maximum atomic E-state index is 14.2. The number of nitrogens with one attached hydrogen (secondary N) is 1. The van der Waals surface area contributed by atoms with Gasteiger partial charge in [0, 0.05) is 23.1 Å². The maximum Gasteiger partial charge on any atom is 0.310 e. The van der Waals surface area contributed by atoms with Crippen molar-refractivity contribution in [3.05, 3.63) is 65.6 Å². The SMILES string of the molecule is C[SH](O)(Cc1cc(Nc2ncc(F)c(-c3ccc(F)cc3F)n2)cc(S(F)(F)(F)(F)F)c1)=NC#N. The summed E-state index contributed by atoms with van der Waals surface area (Å²) in [4.78, 5) is 4.86. The van der Waals surface area contributed by atoms with E-state index in [2.05, 4.69) is 19.6 Å². The van der Waals surface area contributed by atoms with Gasteiger partial charge in [0.05, 0.1) is 6.20 Å². The van der Waals surface area contributed by atoms with Gasteiger partial charge in [-0.15, -0.1) is 4.36 Å². The van der Waals surface area contributed by atoms with Crippen LogP contribution in [0.2, 0.25) is 0 Å². The lowest BCUT2D eigenvalue weighted by Crippen LogP contribution is -2.13. The van der Waals surface area contributed by atoms with Crippen LogP contribution in [0, 0.1) is 28.9 Å². The molecular weight excluding hydrogens is 530 g/mol. The van der Waals surface area contributed by atoms with Gasteiger partial charge in [-0.2, -0.15) is 5.26 Å². The van der Waals surface area contributed by atoms with Gasteiger partial charge in [-0.25, -0.2) is 23.1 Å². The van der Waals surface area contributed by atoms with Gasteiger partial charge in [0.15, 0.2) is 5.82 Å². The third kappa shape index (κ3) is 6.65. The number of hydrogen-bond donors (Lipinski definition) is 3. The molecular formula is C19H15F8N5OS2. The van der Waals surface area contributed by atoms with E-state index < -0.39 is 76.9 Å². The standard InChI is InChI=1S/C19H15F8N5OS2/c1-34(33,30-10-28)9-11-4-13(7-14(5-11)35(23,24,25,26)27)31-19-29-8-17(22)18(32-19)15-3-2-12(20)6-16(15)21/h2-8,34H,9H2,1H3,(H,30,33)(H,29,31,32). The van der Waals surface area contributed by atoms with Crippen LogP contribution in [0.3, 0.4) is 0 Å². The largest absolute Gasteiger partial charge is 0.343 e. The molecule has 1 aromatic heterocycles. The fourth-order valence-electron chi connectivity index (χ4n) is 2.95. The quantitative estimate of drug-likeness (QED) is 0.174. The maximum absolute atomic E-state index is 14.2. The Kier molecular flexibility index (Phi) is 6.12. The highest BCUT2D eigenvalue weighted by atomic mass is 32.5. The van der Waals surface area contributed by atoms with Crippen LogP contribution >= 0.6 is 10.2 Å². The molecule has 190 valence electrons. The van der Waals surface area contributed by atoms with Gasteiger partial charge >= 0.3 is 10.2 Å². The Morgan fingerprint density at radius 3 is 2.34 bits per heavy atom. The van der Waals surface area contributed by atoms with Crippen LogP contribution in [0.4, 0.5) is 44.2 Å². The van der Waals surface area contributed by atoms with Crippen LogP contribution in [-0.2, 0) is 15.9 Å². The summed E-state index contributed by atoms with van der Waals surface area (Å²) in [5, 5.41) is 10.8. The first-order valence-electron chi connectivity index (χ1n) is 9.19. The van der Waals surface area contributed by atoms with Crippen LogP contribution in [0.1, 0.15) is 5.56 Å². The molecule has 0 spiro atoms. The van der Waals surface area contributed by atoms with Crippen LogP contribution in [0.15, 0.2) is 51.9 Å². The van der Waals surface area contributed by atoms with E-state index in [0.717, 1.165) is 24.5 Å². The number of thiol groups is 1. The topological polar surface area (TPSA) is 94.2 Å². The molecule has 0 aliphatic rings. The Labute approximate surface area is 194 Å². The highest BCUT2D eigenvalue weighted by Gasteiger charge is 2.65. The summed E-state index contributed by atoms with van der Waals surface area (Å²) in [6.45, 7) is 0. The van der Waals surface area contributed by atoms with E-state index in [-0.39, 0.29) is 12.1 Å². The van der Waals surface area contributed by atoms with Crippen molar-refractivity contribution in [2.24, 2.45) is 4.36 Å². The number of halogens is 8. The van der Waals surface area contributed by atoms with E-state index in [4.69, 9.17) is 5.26 Å². The zero-order valence-electron chi connectivity index (χ0n) is 17.4. The van der Waals surface area contributed by atoms with E-state index in [1.54, 1.807) is 0 Å². The van der Waals surface area contributed by atoms with Crippen LogP contribution in [0.25, 0.3) is 11.3 Å². The molecule has 0 atom stereocenters. The first-order valence-corrected chi connectivity index (χ1v) is 13.5. The minimum atomic E-state index is -10.2. The number of aromatic nitrogens is 2. The molecule has 3 aromatic rings. The zero-order valence-corrected chi connectivity index (χ0v) is 19.1. The lowest BCUT2D eigenvalue weighted by Gasteiger charge is -2.41. The fraction of sp³-hybridized carbons (Fsp3) is 0.105. The van der Waals surface area contributed by atoms with Crippen molar-refractivity contribution in [1.29, 1.82) is 5.26 Å². The lowest BCUT2D eigenvalue weighted by molar-refractivity contribution is 0.364. The van der Waals surface area contributed by atoms with Gasteiger partial charge in [0.1, 0.15) is 22.2 Å². The molecule has 1 heterocycles. The Hall–Kier alpha value is -3.29. The summed E-state index contributed by atoms with van der Waals surface area (Å²) >= 11 is 0. The average molecular weight is 545 g/mol.